The Morgan fingerprint density at radius 1 is 0.981 bits per heavy atom. The van der Waals surface area contributed by atoms with E-state index in [1.165, 1.54) is 0 Å². The van der Waals surface area contributed by atoms with Crippen molar-refractivity contribution < 1.29 is 9.53 Å². The summed E-state index contributed by atoms with van der Waals surface area (Å²) in [5.74, 6) is 2.41. The van der Waals surface area contributed by atoms with Crippen molar-refractivity contribution in [1.29, 1.82) is 5.26 Å². The lowest BCUT2D eigenvalue weighted by molar-refractivity contribution is -0.162. The number of hydrogen-bond acceptors (Lipinski definition) is 8. The summed E-state index contributed by atoms with van der Waals surface area (Å²) in [6, 6.07) is 2.40. The molecule has 3 aromatic rings. The highest BCUT2D eigenvalue weighted by Crippen LogP contribution is 2.50. The summed E-state index contributed by atoms with van der Waals surface area (Å²) >= 11 is 0. The van der Waals surface area contributed by atoms with Gasteiger partial charge in [0.2, 0.25) is 0 Å². The molecule has 1 fully saturated rings. The first kappa shape index (κ1) is 39.5. The fraction of sp³-hybridized carbons (Fsp3) is 0.756. The van der Waals surface area contributed by atoms with Gasteiger partial charge in [0.25, 0.3) is 0 Å². The third-order valence-corrected chi connectivity index (χ3v) is 11.3. The van der Waals surface area contributed by atoms with Gasteiger partial charge in [-0.05, 0) is 42.4 Å². The number of unbranched alkanes of at least 4 members (excludes halogenated alkanes) is 1. The van der Waals surface area contributed by atoms with Crippen molar-refractivity contribution in [2.24, 2.45) is 28.6 Å². The number of nitrogens with one attached hydrogen (secondary N) is 2. The standard InChI is InChI=1S/C41H65N9O2/c1-16-18-19-24(17-2)32-45-46-35-29(31(40(10,11)12)47-49(32)35)43-33-25(22-42)28(34-44-37(41(13,14)15)48-50(33)34)36(51)52-30-26(38(4,5)6)20-23(3)21-27(30)39(7,8)9/h23-24,26-27,30,33,43,46H,16-21H2,1-15H3. The highest BCUT2D eigenvalue weighted by molar-refractivity contribution is 6.18. The Morgan fingerprint density at radius 2 is 1.60 bits per heavy atom. The van der Waals surface area contributed by atoms with E-state index < -0.39 is 17.6 Å². The topological polar surface area (TPSA) is 139 Å². The largest absolute Gasteiger partial charge is 0.458 e. The zero-order valence-electron chi connectivity index (χ0n) is 34.7. The average molecular weight is 716 g/mol. The molecule has 4 heterocycles. The predicted molar refractivity (Wildman–Crippen MR) is 207 cm³/mol. The lowest BCUT2D eigenvalue weighted by Crippen LogP contribution is -2.49. The van der Waals surface area contributed by atoms with Crippen LogP contribution in [0.2, 0.25) is 0 Å². The summed E-state index contributed by atoms with van der Waals surface area (Å²) in [7, 11) is 0. The fourth-order valence-corrected chi connectivity index (χ4v) is 8.25. The van der Waals surface area contributed by atoms with Gasteiger partial charge in [-0.2, -0.15) is 25.1 Å². The number of nitriles is 1. The average Bonchev–Trinajstić information content (AvgIpc) is 3.77. The van der Waals surface area contributed by atoms with Crippen molar-refractivity contribution in [1.82, 2.24) is 34.6 Å². The van der Waals surface area contributed by atoms with Gasteiger partial charge in [0.15, 0.2) is 29.3 Å². The Bertz CT molecular complexity index is 1820. The number of rotatable bonds is 9. The van der Waals surface area contributed by atoms with Crippen molar-refractivity contribution in [3.05, 3.63) is 28.7 Å². The highest BCUT2D eigenvalue weighted by Gasteiger charge is 2.50. The number of fused-ring (bicyclic) bond motifs is 2. The minimum atomic E-state index is -0.808. The monoisotopic (exact) mass is 716 g/mol. The summed E-state index contributed by atoms with van der Waals surface area (Å²) in [6.45, 7) is 32.7. The smallest absolute Gasteiger partial charge is 0.343 e. The van der Waals surface area contributed by atoms with Crippen LogP contribution in [0.25, 0.3) is 11.2 Å². The molecule has 0 aromatic carbocycles. The Balaban J connectivity index is 1.65. The summed E-state index contributed by atoms with van der Waals surface area (Å²) < 4.78 is 10.3. The number of ether oxygens (including phenoxy) is 1. The molecular formula is C41H65N9O2. The Kier molecular flexibility index (Phi) is 10.6. The van der Waals surface area contributed by atoms with Gasteiger partial charge in [0.1, 0.15) is 17.4 Å². The number of aromatic amines is 1. The summed E-state index contributed by atoms with van der Waals surface area (Å²) in [6.07, 6.45) is 5.04. The molecule has 0 amide bonds. The first-order valence-corrected chi connectivity index (χ1v) is 19.6. The minimum Gasteiger partial charge on any atom is -0.458 e. The number of nitrogens with zero attached hydrogens (tertiary/aromatic N) is 7. The number of H-pyrrole nitrogens is 1. The number of aromatic nitrogens is 7. The molecule has 4 atom stereocenters. The minimum absolute atomic E-state index is 0.0812. The van der Waals surface area contributed by atoms with Crippen molar-refractivity contribution in [2.45, 2.75) is 171 Å². The molecule has 52 heavy (non-hydrogen) atoms. The van der Waals surface area contributed by atoms with Gasteiger partial charge in [-0.15, -0.1) is 0 Å². The SMILES string of the molecule is CCCCC(CC)c1n[nH]c2c(NC3C(C#N)=C(C(=O)OC4C(C(C)(C)C)CC(C)CC4C(C)(C)C)c4nc(C(C)(C)C)nn43)c(C(C)(C)C)nn12. The maximum atomic E-state index is 14.7. The van der Waals surface area contributed by atoms with E-state index in [2.05, 4.69) is 99.6 Å². The number of carbonyl (C=O) groups is 1. The zero-order valence-corrected chi connectivity index (χ0v) is 34.7. The van der Waals surface area contributed by atoms with Crippen LogP contribution in [0.4, 0.5) is 5.69 Å². The van der Waals surface area contributed by atoms with E-state index >= 15 is 0 Å². The van der Waals surface area contributed by atoms with Crippen LogP contribution in [0, 0.1) is 39.9 Å². The molecule has 0 spiro atoms. The molecule has 4 unspecified atom stereocenters. The second-order valence-corrected chi connectivity index (χ2v) is 19.9. The first-order valence-electron chi connectivity index (χ1n) is 19.6. The summed E-state index contributed by atoms with van der Waals surface area (Å²) in [4.78, 5) is 19.7. The molecule has 11 heteroatoms. The normalized spacial score (nSPS) is 23.5. The Hall–Kier alpha value is -3.68. The molecule has 11 nitrogen and oxygen atoms in total. The predicted octanol–water partition coefficient (Wildman–Crippen LogP) is 9.50. The van der Waals surface area contributed by atoms with E-state index in [0.29, 0.717) is 17.6 Å². The molecule has 0 bridgehead atoms. The van der Waals surface area contributed by atoms with Crippen LogP contribution in [0.1, 0.15) is 178 Å². The van der Waals surface area contributed by atoms with Crippen LogP contribution in [0.15, 0.2) is 5.57 Å². The van der Waals surface area contributed by atoms with Crippen molar-refractivity contribution in [3.63, 3.8) is 0 Å². The quantitative estimate of drug-likeness (QED) is 0.209. The first-order chi connectivity index (χ1) is 24.0. The van der Waals surface area contributed by atoms with E-state index in [0.717, 1.165) is 61.4 Å². The molecule has 286 valence electrons. The molecule has 2 N–H and O–H groups in total. The second kappa shape index (κ2) is 13.9. The molecule has 2 aliphatic rings. The van der Waals surface area contributed by atoms with E-state index in [1.54, 1.807) is 4.68 Å². The van der Waals surface area contributed by atoms with Crippen LogP contribution in [0.5, 0.6) is 0 Å². The molecule has 1 aliphatic heterocycles. The third kappa shape index (κ3) is 7.41. The molecule has 0 saturated heterocycles. The van der Waals surface area contributed by atoms with Gasteiger partial charge in [0, 0.05) is 28.6 Å². The number of hydrogen-bond donors (Lipinski definition) is 2. The molecule has 3 aromatic heterocycles. The second-order valence-electron chi connectivity index (χ2n) is 19.9. The maximum Gasteiger partial charge on any atom is 0.343 e. The van der Waals surface area contributed by atoms with Gasteiger partial charge in [0.05, 0.1) is 17.3 Å². The van der Waals surface area contributed by atoms with Crippen LogP contribution >= 0.6 is 0 Å². The van der Waals surface area contributed by atoms with Gasteiger partial charge < -0.3 is 10.1 Å². The number of carbonyl (C=O) groups excluding carboxylic acids is 1. The van der Waals surface area contributed by atoms with E-state index in [-0.39, 0.29) is 51.2 Å². The molecule has 5 rings (SSSR count). The third-order valence-electron chi connectivity index (χ3n) is 11.3. The molecule has 0 radical (unpaired) electrons. The van der Waals surface area contributed by atoms with Crippen molar-refractivity contribution in [2.75, 3.05) is 5.32 Å². The molecule has 1 aliphatic carbocycles. The molecule has 1 saturated carbocycles. The number of esters is 1. The maximum absolute atomic E-state index is 14.7. The lowest BCUT2D eigenvalue weighted by atomic mass is 9.59. The fourth-order valence-electron chi connectivity index (χ4n) is 8.25. The van der Waals surface area contributed by atoms with Gasteiger partial charge >= 0.3 is 5.97 Å². The van der Waals surface area contributed by atoms with Crippen LogP contribution in [-0.2, 0) is 20.4 Å². The van der Waals surface area contributed by atoms with Crippen LogP contribution in [0.3, 0.4) is 0 Å². The van der Waals surface area contributed by atoms with Crippen LogP contribution in [-0.4, -0.2) is 46.6 Å². The Labute approximate surface area is 311 Å². The van der Waals surface area contributed by atoms with E-state index in [4.69, 9.17) is 25.0 Å². The van der Waals surface area contributed by atoms with E-state index in [1.807, 2.05) is 25.3 Å². The summed E-state index contributed by atoms with van der Waals surface area (Å²) in [5.41, 5.74) is 1.78. The van der Waals surface area contributed by atoms with E-state index in [9.17, 15) is 10.1 Å². The Morgan fingerprint density at radius 3 is 2.10 bits per heavy atom. The van der Waals surface area contributed by atoms with Crippen LogP contribution < -0.4 is 5.32 Å². The molecular weight excluding hydrogens is 651 g/mol. The number of anilines is 1. The van der Waals surface area contributed by atoms with Crippen molar-refractivity contribution in [3.8, 4) is 6.07 Å². The highest BCUT2D eigenvalue weighted by atomic mass is 16.5. The zero-order chi connectivity index (χ0) is 38.7. The lowest BCUT2D eigenvalue weighted by Gasteiger charge is -2.50. The van der Waals surface area contributed by atoms with Gasteiger partial charge in [-0.3, -0.25) is 5.10 Å². The summed E-state index contributed by atoms with van der Waals surface area (Å²) in [5, 5.41) is 32.7. The van der Waals surface area contributed by atoms with Gasteiger partial charge in [-0.1, -0.05) is 117 Å². The van der Waals surface area contributed by atoms with Crippen molar-refractivity contribution >= 4 is 22.9 Å². The van der Waals surface area contributed by atoms with Gasteiger partial charge in [-0.25, -0.2) is 14.5 Å².